The number of halogens is 6. The van der Waals surface area contributed by atoms with E-state index in [-0.39, 0.29) is 12.1 Å². The topological polar surface area (TPSA) is 66.4 Å². The Morgan fingerprint density at radius 1 is 0.962 bits per heavy atom. The summed E-state index contributed by atoms with van der Waals surface area (Å²) in [6, 6.07) is 5.66. The maximum atomic E-state index is 13.6. The van der Waals surface area contributed by atoms with Crippen LogP contribution in [-0.2, 0) is 15.6 Å². The third-order valence-electron chi connectivity index (χ3n) is 3.47. The fraction of sp³-hybridized carbons (Fsp3) is 0.200. The van der Waals surface area contributed by atoms with Gasteiger partial charge in [0, 0.05) is 12.1 Å². The minimum absolute atomic E-state index is 0.0603. The largest absolute Gasteiger partial charge is 0.422 e. The van der Waals surface area contributed by atoms with Crippen LogP contribution < -0.4 is 4.72 Å². The van der Waals surface area contributed by atoms with Crippen LogP contribution in [0.25, 0.3) is 0 Å². The average Bonchev–Trinajstić information content (AvgIpc) is 2.51. The molecule has 0 aromatic heterocycles. The monoisotopic (exact) mass is 399 g/mol. The van der Waals surface area contributed by atoms with Crippen LogP contribution in [0.4, 0.5) is 26.3 Å². The molecule has 2 aromatic rings. The number of alkyl halides is 3. The Hall–Kier alpha value is -2.11. The maximum Gasteiger partial charge on any atom is 0.422 e. The van der Waals surface area contributed by atoms with E-state index in [2.05, 4.69) is 0 Å². The van der Waals surface area contributed by atoms with E-state index in [0.717, 1.165) is 12.1 Å². The molecule has 0 saturated heterocycles. The summed E-state index contributed by atoms with van der Waals surface area (Å²) in [7, 11) is -5.17. The predicted molar refractivity (Wildman–Crippen MR) is 77.9 cm³/mol. The third kappa shape index (κ3) is 3.84. The van der Waals surface area contributed by atoms with Crippen molar-refractivity contribution < 1.29 is 39.9 Å². The van der Waals surface area contributed by atoms with Crippen molar-refractivity contribution in [1.29, 1.82) is 0 Å². The molecule has 0 aliphatic heterocycles. The summed E-state index contributed by atoms with van der Waals surface area (Å²) in [5.74, 6) is -5.06. The molecular formula is C15H11F6NO3S. The smallest absolute Gasteiger partial charge is 0.375 e. The lowest BCUT2D eigenvalue weighted by Gasteiger charge is -2.31. The molecule has 0 spiro atoms. The van der Waals surface area contributed by atoms with Crippen molar-refractivity contribution in [2.24, 2.45) is 0 Å². The second kappa shape index (κ2) is 6.89. The third-order valence-corrected chi connectivity index (χ3v) is 4.92. The van der Waals surface area contributed by atoms with Crippen LogP contribution in [-0.4, -0.2) is 26.2 Å². The first kappa shape index (κ1) is 20.2. The number of hydrogen-bond acceptors (Lipinski definition) is 3. The molecule has 0 amide bonds. The fourth-order valence-electron chi connectivity index (χ4n) is 2.14. The summed E-state index contributed by atoms with van der Waals surface area (Å²) >= 11 is 0. The zero-order chi connectivity index (χ0) is 19.8. The van der Waals surface area contributed by atoms with Crippen molar-refractivity contribution in [3.8, 4) is 0 Å². The lowest BCUT2D eigenvalue weighted by molar-refractivity contribution is -0.263. The Morgan fingerprint density at radius 3 is 1.92 bits per heavy atom. The van der Waals surface area contributed by atoms with E-state index in [0.29, 0.717) is 0 Å². The highest BCUT2D eigenvalue weighted by Crippen LogP contribution is 2.38. The molecule has 0 radical (unpaired) electrons. The number of benzene rings is 2. The minimum atomic E-state index is -5.31. The standard InChI is InChI=1S/C15H11F6NO3S/c16-10-6-11(17)13(12(18)7-10)26(24,25)22-8-14(23,15(19,20)21)9-4-2-1-3-5-9/h1-7,22-23H,8H2. The van der Waals surface area contributed by atoms with E-state index in [1.54, 1.807) is 0 Å². The van der Waals surface area contributed by atoms with Crippen molar-refractivity contribution >= 4 is 10.0 Å². The van der Waals surface area contributed by atoms with Gasteiger partial charge in [-0.25, -0.2) is 26.3 Å². The van der Waals surface area contributed by atoms with Gasteiger partial charge in [-0.1, -0.05) is 30.3 Å². The summed E-state index contributed by atoms with van der Waals surface area (Å²) < 4.78 is 105. The van der Waals surface area contributed by atoms with Gasteiger partial charge in [-0.05, 0) is 5.56 Å². The van der Waals surface area contributed by atoms with E-state index in [1.807, 2.05) is 0 Å². The molecule has 0 fully saturated rings. The van der Waals surface area contributed by atoms with Gasteiger partial charge < -0.3 is 5.11 Å². The van der Waals surface area contributed by atoms with Crippen molar-refractivity contribution in [2.75, 3.05) is 6.54 Å². The number of hydrogen-bond donors (Lipinski definition) is 2. The Morgan fingerprint density at radius 2 is 1.46 bits per heavy atom. The molecule has 11 heteroatoms. The highest BCUT2D eigenvalue weighted by molar-refractivity contribution is 7.89. The molecule has 4 nitrogen and oxygen atoms in total. The molecule has 2 N–H and O–H groups in total. The van der Waals surface area contributed by atoms with Gasteiger partial charge in [0.2, 0.25) is 10.0 Å². The first-order valence-corrected chi connectivity index (χ1v) is 8.35. The summed E-state index contributed by atoms with van der Waals surface area (Å²) in [5, 5.41) is 10.0. The Labute approximate surface area is 144 Å². The van der Waals surface area contributed by atoms with E-state index in [4.69, 9.17) is 0 Å². The van der Waals surface area contributed by atoms with Crippen LogP contribution in [0.15, 0.2) is 47.4 Å². The molecule has 2 rings (SSSR count). The quantitative estimate of drug-likeness (QED) is 0.760. The summed E-state index contributed by atoms with van der Waals surface area (Å²) in [4.78, 5) is -1.66. The fourth-order valence-corrected chi connectivity index (χ4v) is 3.31. The zero-order valence-corrected chi connectivity index (χ0v) is 13.5. The van der Waals surface area contributed by atoms with Crippen LogP contribution in [0.1, 0.15) is 5.56 Å². The molecule has 1 atom stereocenters. The average molecular weight is 399 g/mol. The van der Waals surface area contributed by atoms with Gasteiger partial charge in [0.1, 0.15) is 17.5 Å². The molecule has 0 saturated carbocycles. The van der Waals surface area contributed by atoms with Gasteiger partial charge in [0.15, 0.2) is 10.5 Å². The molecule has 26 heavy (non-hydrogen) atoms. The summed E-state index contributed by atoms with van der Waals surface area (Å²) in [5.41, 5.74) is -4.34. The predicted octanol–water partition coefficient (Wildman–Crippen LogP) is 2.83. The number of sulfonamides is 1. The second-order valence-electron chi connectivity index (χ2n) is 5.25. The van der Waals surface area contributed by atoms with Crippen LogP contribution >= 0.6 is 0 Å². The first-order chi connectivity index (χ1) is 11.9. The summed E-state index contributed by atoms with van der Waals surface area (Å²) in [6.07, 6.45) is -5.31. The Kier molecular flexibility index (Phi) is 5.36. The van der Waals surface area contributed by atoms with Crippen molar-refractivity contribution in [2.45, 2.75) is 16.7 Å². The molecule has 0 aliphatic carbocycles. The van der Waals surface area contributed by atoms with Gasteiger partial charge in [-0.15, -0.1) is 0 Å². The van der Waals surface area contributed by atoms with E-state index in [9.17, 15) is 39.9 Å². The second-order valence-corrected chi connectivity index (χ2v) is 6.95. The van der Waals surface area contributed by atoms with E-state index < -0.39 is 56.3 Å². The lowest BCUT2D eigenvalue weighted by Crippen LogP contribution is -2.51. The van der Waals surface area contributed by atoms with Gasteiger partial charge in [-0.2, -0.15) is 13.2 Å². The van der Waals surface area contributed by atoms with Gasteiger partial charge in [-0.3, -0.25) is 0 Å². The summed E-state index contributed by atoms with van der Waals surface area (Å²) in [6.45, 7) is -1.65. The highest BCUT2D eigenvalue weighted by atomic mass is 32.2. The van der Waals surface area contributed by atoms with Crippen LogP contribution in [0, 0.1) is 17.5 Å². The van der Waals surface area contributed by atoms with Gasteiger partial charge >= 0.3 is 6.18 Å². The molecule has 142 valence electrons. The lowest BCUT2D eigenvalue weighted by atomic mass is 9.93. The van der Waals surface area contributed by atoms with Crippen LogP contribution in [0.2, 0.25) is 0 Å². The van der Waals surface area contributed by atoms with Gasteiger partial charge in [0.05, 0.1) is 6.54 Å². The van der Waals surface area contributed by atoms with Crippen LogP contribution in [0.5, 0.6) is 0 Å². The first-order valence-electron chi connectivity index (χ1n) is 6.87. The molecular weight excluding hydrogens is 388 g/mol. The van der Waals surface area contributed by atoms with Crippen molar-refractivity contribution in [3.05, 3.63) is 65.5 Å². The Bertz CT molecular complexity index is 878. The maximum absolute atomic E-state index is 13.6. The van der Waals surface area contributed by atoms with Gasteiger partial charge in [0.25, 0.3) is 0 Å². The van der Waals surface area contributed by atoms with Crippen molar-refractivity contribution in [3.63, 3.8) is 0 Å². The number of rotatable bonds is 5. The molecule has 1 unspecified atom stereocenters. The van der Waals surface area contributed by atoms with E-state index in [1.165, 1.54) is 22.9 Å². The molecule has 0 bridgehead atoms. The molecule has 2 aromatic carbocycles. The van der Waals surface area contributed by atoms with Crippen LogP contribution in [0.3, 0.4) is 0 Å². The molecule has 0 heterocycles. The number of nitrogens with one attached hydrogen (secondary N) is 1. The SMILES string of the molecule is O=S(=O)(NCC(O)(c1ccccc1)C(F)(F)F)c1c(F)cc(F)cc1F. The Balaban J connectivity index is 2.41. The minimum Gasteiger partial charge on any atom is -0.375 e. The van der Waals surface area contributed by atoms with E-state index >= 15 is 0 Å². The zero-order valence-electron chi connectivity index (χ0n) is 12.7. The van der Waals surface area contributed by atoms with Crippen molar-refractivity contribution in [1.82, 2.24) is 4.72 Å². The molecule has 0 aliphatic rings. The highest BCUT2D eigenvalue weighted by Gasteiger charge is 2.55. The normalized spacial score (nSPS) is 14.9. The number of aliphatic hydroxyl groups is 1.